The van der Waals surface area contributed by atoms with Crippen LogP contribution in [-0.4, -0.2) is 11.6 Å². The smallest absolute Gasteiger partial charge is 0.137 e. The van der Waals surface area contributed by atoms with Gasteiger partial charge in [0.05, 0.1) is 4.47 Å². The van der Waals surface area contributed by atoms with Crippen molar-refractivity contribution in [1.29, 1.82) is 0 Å². The summed E-state index contributed by atoms with van der Waals surface area (Å²) in [7, 11) is 2.03. The molecular weight excluding hydrogens is 331 g/mol. The van der Waals surface area contributed by atoms with E-state index in [1.54, 1.807) is 6.07 Å². The predicted octanol–water partition coefficient (Wildman–Crippen LogP) is 4.42. The van der Waals surface area contributed by atoms with Gasteiger partial charge in [-0.3, -0.25) is 0 Å². The predicted molar refractivity (Wildman–Crippen MR) is 87.0 cm³/mol. The first-order valence-corrected chi connectivity index (χ1v) is 8.27. The molecular formula is C17H20BrFN2. The van der Waals surface area contributed by atoms with Crippen molar-refractivity contribution in [3.8, 4) is 0 Å². The SMILES string of the molecule is CNC1CCCCc2cn(Cc3cccc(F)c3Br)cc21. The molecule has 0 fully saturated rings. The van der Waals surface area contributed by atoms with Crippen LogP contribution in [0.5, 0.6) is 0 Å². The first kappa shape index (κ1) is 14.8. The number of hydrogen-bond donors (Lipinski definition) is 1. The Morgan fingerprint density at radius 1 is 1.33 bits per heavy atom. The molecule has 1 N–H and O–H groups in total. The zero-order chi connectivity index (χ0) is 14.8. The van der Waals surface area contributed by atoms with E-state index in [-0.39, 0.29) is 5.82 Å². The van der Waals surface area contributed by atoms with Crippen LogP contribution in [0.2, 0.25) is 0 Å². The molecule has 0 radical (unpaired) electrons. The summed E-state index contributed by atoms with van der Waals surface area (Å²) < 4.78 is 16.4. The molecule has 2 aromatic rings. The average molecular weight is 351 g/mol. The molecule has 0 amide bonds. The molecule has 0 saturated carbocycles. The van der Waals surface area contributed by atoms with Gasteiger partial charge in [0.25, 0.3) is 0 Å². The van der Waals surface area contributed by atoms with E-state index in [0.29, 0.717) is 17.1 Å². The number of aromatic nitrogens is 1. The topological polar surface area (TPSA) is 17.0 Å². The third kappa shape index (κ3) is 3.06. The van der Waals surface area contributed by atoms with Gasteiger partial charge in [0.15, 0.2) is 0 Å². The largest absolute Gasteiger partial charge is 0.349 e. The number of nitrogens with zero attached hydrogens (tertiary/aromatic N) is 1. The molecule has 0 aliphatic heterocycles. The van der Waals surface area contributed by atoms with Crippen molar-refractivity contribution in [2.45, 2.75) is 38.3 Å². The second kappa shape index (κ2) is 6.32. The molecule has 2 nitrogen and oxygen atoms in total. The Labute approximate surface area is 133 Å². The molecule has 112 valence electrons. The zero-order valence-electron chi connectivity index (χ0n) is 12.2. The number of fused-ring (bicyclic) bond motifs is 1. The van der Waals surface area contributed by atoms with Crippen LogP contribution in [0.15, 0.2) is 35.1 Å². The Kier molecular flexibility index (Phi) is 4.45. The van der Waals surface area contributed by atoms with Gasteiger partial charge in [-0.05, 0) is 65.0 Å². The fraction of sp³-hybridized carbons (Fsp3) is 0.412. The molecule has 0 spiro atoms. The number of nitrogens with one attached hydrogen (secondary N) is 1. The molecule has 1 aliphatic carbocycles. The molecule has 0 bridgehead atoms. The molecule has 21 heavy (non-hydrogen) atoms. The van der Waals surface area contributed by atoms with E-state index >= 15 is 0 Å². The summed E-state index contributed by atoms with van der Waals surface area (Å²) in [6.45, 7) is 0.696. The van der Waals surface area contributed by atoms with Crippen LogP contribution < -0.4 is 5.32 Å². The standard InChI is InChI=1S/C17H20BrFN2/c1-20-16-8-3-2-5-12-9-21(11-14(12)16)10-13-6-4-7-15(19)17(13)18/h4,6-7,9,11,16,20H,2-3,5,8,10H2,1H3. The number of benzene rings is 1. The van der Waals surface area contributed by atoms with E-state index in [9.17, 15) is 4.39 Å². The van der Waals surface area contributed by atoms with Gasteiger partial charge in [-0.25, -0.2) is 4.39 Å². The normalized spacial score (nSPS) is 18.3. The van der Waals surface area contributed by atoms with Gasteiger partial charge >= 0.3 is 0 Å². The Morgan fingerprint density at radius 2 is 2.19 bits per heavy atom. The van der Waals surface area contributed by atoms with Crippen LogP contribution >= 0.6 is 15.9 Å². The van der Waals surface area contributed by atoms with Crippen LogP contribution in [0.4, 0.5) is 4.39 Å². The van der Waals surface area contributed by atoms with E-state index in [1.807, 2.05) is 13.1 Å². The third-order valence-electron chi connectivity index (χ3n) is 4.29. The van der Waals surface area contributed by atoms with Crippen molar-refractivity contribution >= 4 is 15.9 Å². The van der Waals surface area contributed by atoms with Crippen LogP contribution in [0.1, 0.15) is 42.0 Å². The first-order chi connectivity index (χ1) is 10.2. The minimum Gasteiger partial charge on any atom is -0.349 e. The lowest BCUT2D eigenvalue weighted by molar-refractivity contribution is 0.531. The number of halogens is 2. The van der Waals surface area contributed by atoms with Gasteiger partial charge in [-0.15, -0.1) is 0 Å². The van der Waals surface area contributed by atoms with Crippen molar-refractivity contribution in [1.82, 2.24) is 9.88 Å². The van der Waals surface area contributed by atoms with Crippen LogP contribution in [-0.2, 0) is 13.0 Å². The molecule has 1 aromatic carbocycles. The van der Waals surface area contributed by atoms with Gasteiger partial charge in [-0.1, -0.05) is 18.6 Å². The van der Waals surface area contributed by atoms with Crippen molar-refractivity contribution in [3.05, 3.63) is 57.6 Å². The monoisotopic (exact) mass is 350 g/mol. The van der Waals surface area contributed by atoms with E-state index < -0.39 is 0 Å². The van der Waals surface area contributed by atoms with Crippen molar-refractivity contribution in [2.24, 2.45) is 0 Å². The average Bonchev–Trinajstić information content (AvgIpc) is 2.77. The minimum absolute atomic E-state index is 0.200. The maximum Gasteiger partial charge on any atom is 0.137 e. The summed E-state index contributed by atoms with van der Waals surface area (Å²) in [6, 6.07) is 5.66. The molecule has 1 heterocycles. The second-order valence-electron chi connectivity index (χ2n) is 5.71. The summed E-state index contributed by atoms with van der Waals surface area (Å²) in [5, 5.41) is 3.42. The maximum atomic E-state index is 13.6. The Hall–Kier alpha value is -1.13. The third-order valence-corrected chi connectivity index (χ3v) is 5.18. The molecule has 1 unspecified atom stereocenters. The summed E-state index contributed by atoms with van der Waals surface area (Å²) in [6.07, 6.45) is 9.30. The van der Waals surface area contributed by atoms with E-state index in [1.165, 1.54) is 36.5 Å². The quantitative estimate of drug-likeness (QED) is 0.810. The first-order valence-electron chi connectivity index (χ1n) is 7.47. The Morgan fingerprint density at radius 3 is 3.00 bits per heavy atom. The van der Waals surface area contributed by atoms with Crippen LogP contribution in [0, 0.1) is 5.82 Å². The lowest BCUT2D eigenvalue weighted by Gasteiger charge is -2.13. The van der Waals surface area contributed by atoms with Gasteiger partial charge in [0.1, 0.15) is 5.82 Å². The van der Waals surface area contributed by atoms with Crippen LogP contribution in [0.25, 0.3) is 0 Å². The highest BCUT2D eigenvalue weighted by atomic mass is 79.9. The Balaban J connectivity index is 1.89. The highest BCUT2D eigenvalue weighted by molar-refractivity contribution is 9.10. The number of rotatable bonds is 3. The fourth-order valence-electron chi connectivity index (χ4n) is 3.17. The number of hydrogen-bond acceptors (Lipinski definition) is 1. The maximum absolute atomic E-state index is 13.6. The van der Waals surface area contributed by atoms with Crippen LogP contribution in [0.3, 0.4) is 0 Å². The van der Waals surface area contributed by atoms with Gasteiger partial charge in [0, 0.05) is 25.0 Å². The molecule has 1 aliphatic rings. The zero-order valence-corrected chi connectivity index (χ0v) is 13.8. The van der Waals surface area contributed by atoms with Gasteiger partial charge in [0.2, 0.25) is 0 Å². The highest BCUT2D eigenvalue weighted by Crippen LogP contribution is 2.30. The van der Waals surface area contributed by atoms with Crippen molar-refractivity contribution in [3.63, 3.8) is 0 Å². The minimum atomic E-state index is -0.200. The van der Waals surface area contributed by atoms with E-state index in [4.69, 9.17) is 0 Å². The van der Waals surface area contributed by atoms with E-state index in [2.05, 4.69) is 38.2 Å². The lowest BCUT2D eigenvalue weighted by Crippen LogP contribution is -2.15. The summed E-state index contributed by atoms with van der Waals surface area (Å²) in [5.74, 6) is -0.200. The summed E-state index contributed by atoms with van der Waals surface area (Å²) in [4.78, 5) is 0. The molecule has 1 aromatic heterocycles. The second-order valence-corrected chi connectivity index (χ2v) is 6.50. The summed E-state index contributed by atoms with van der Waals surface area (Å²) in [5.41, 5.74) is 3.81. The molecule has 4 heteroatoms. The van der Waals surface area contributed by atoms with Gasteiger partial charge in [-0.2, -0.15) is 0 Å². The van der Waals surface area contributed by atoms with E-state index in [0.717, 1.165) is 12.0 Å². The molecule has 3 rings (SSSR count). The van der Waals surface area contributed by atoms with Crippen molar-refractivity contribution < 1.29 is 4.39 Å². The Bertz CT molecular complexity index is 636. The van der Waals surface area contributed by atoms with Gasteiger partial charge < -0.3 is 9.88 Å². The summed E-state index contributed by atoms with van der Waals surface area (Å²) >= 11 is 3.35. The highest BCUT2D eigenvalue weighted by Gasteiger charge is 2.19. The lowest BCUT2D eigenvalue weighted by atomic mass is 10.1. The molecule has 1 atom stereocenters. The van der Waals surface area contributed by atoms with Crippen molar-refractivity contribution in [2.75, 3.05) is 7.05 Å². The number of aryl methyl sites for hydroxylation is 1. The molecule has 0 saturated heterocycles. The fourth-order valence-corrected chi connectivity index (χ4v) is 3.56.